The maximum Gasteiger partial charge on any atom is 0.254 e. The molecule has 116 valence electrons. The number of nitrogens with one attached hydrogen (secondary N) is 1. The van der Waals surface area contributed by atoms with Gasteiger partial charge in [0.25, 0.3) is 5.91 Å². The third kappa shape index (κ3) is 2.66. The number of rotatable bonds is 3. The van der Waals surface area contributed by atoms with Crippen molar-refractivity contribution in [2.45, 2.75) is 26.3 Å². The van der Waals surface area contributed by atoms with Crippen LogP contribution < -0.4 is 5.32 Å². The van der Waals surface area contributed by atoms with Gasteiger partial charge in [0.2, 0.25) is 5.91 Å². The molecule has 1 aromatic carbocycles. The van der Waals surface area contributed by atoms with Gasteiger partial charge < -0.3 is 10.2 Å². The molecule has 7 heteroatoms. The molecule has 0 unspecified atom stereocenters. The van der Waals surface area contributed by atoms with E-state index in [0.29, 0.717) is 42.0 Å². The van der Waals surface area contributed by atoms with E-state index in [4.69, 9.17) is 0 Å². The van der Waals surface area contributed by atoms with Crippen LogP contribution in [0.25, 0.3) is 11.0 Å². The van der Waals surface area contributed by atoms with Crippen molar-refractivity contribution in [1.29, 1.82) is 0 Å². The van der Waals surface area contributed by atoms with Gasteiger partial charge in [-0.3, -0.25) is 9.59 Å². The van der Waals surface area contributed by atoms with E-state index in [2.05, 4.69) is 20.3 Å². The second-order valence-electron chi connectivity index (χ2n) is 5.90. The van der Waals surface area contributed by atoms with Gasteiger partial charge in [-0.2, -0.15) is 0 Å². The number of amides is 2. The van der Waals surface area contributed by atoms with Crippen molar-refractivity contribution in [2.24, 2.45) is 5.92 Å². The molecular formula is C15H18N4O3. The van der Waals surface area contributed by atoms with Crippen molar-refractivity contribution < 1.29 is 14.2 Å². The van der Waals surface area contributed by atoms with Gasteiger partial charge in [-0.05, 0) is 40.9 Å². The van der Waals surface area contributed by atoms with E-state index < -0.39 is 6.04 Å². The first-order valence-electron chi connectivity index (χ1n) is 7.37. The van der Waals surface area contributed by atoms with Crippen LogP contribution in [0.2, 0.25) is 0 Å². The van der Waals surface area contributed by atoms with Gasteiger partial charge in [0, 0.05) is 18.7 Å². The molecule has 2 amide bonds. The minimum absolute atomic E-state index is 0.0857. The quantitative estimate of drug-likeness (QED) is 0.920. The zero-order valence-electron chi connectivity index (χ0n) is 12.6. The molecule has 1 aliphatic rings. The highest BCUT2D eigenvalue weighted by Gasteiger charge is 2.33. The smallest absolute Gasteiger partial charge is 0.254 e. The number of hydrogen-bond donors (Lipinski definition) is 1. The number of carbonyl (C=O) groups is 2. The van der Waals surface area contributed by atoms with Crippen molar-refractivity contribution in [2.75, 3.05) is 13.1 Å². The number of carbonyl (C=O) groups excluding carboxylic acids is 2. The molecule has 0 bridgehead atoms. The predicted octanol–water partition coefficient (Wildman–Crippen LogP) is 1.21. The maximum absolute atomic E-state index is 12.8. The lowest BCUT2D eigenvalue weighted by atomic mass is 9.99. The first-order valence-corrected chi connectivity index (χ1v) is 7.37. The van der Waals surface area contributed by atoms with Crippen LogP contribution in [0.4, 0.5) is 0 Å². The molecule has 1 fully saturated rings. The van der Waals surface area contributed by atoms with Gasteiger partial charge in [-0.25, -0.2) is 4.63 Å². The molecule has 0 saturated carbocycles. The van der Waals surface area contributed by atoms with E-state index >= 15 is 0 Å². The van der Waals surface area contributed by atoms with Crippen LogP contribution >= 0.6 is 0 Å². The SMILES string of the molecule is CC(C)C[C@H]1C(=O)NCCN1C(=O)c1ccc2nonc2c1. The Morgan fingerprint density at radius 3 is 2.95 bits per heavy atom. The molecule has 3 rings (SSSR count). The fraction of sp³-hybridized carbons (Fsp3) is 0.467. The lowest BCUT2D eigenvalue weighted by Gasteiger charge is -2.36. The van der Waals surface area contributed by atoms with Crippen LogP contribution in [0.1, 0.15) is 30.6 Å². The number of nitrogens with zero attached hydrogens (tertiary/aromatic N) is 3. The summed E-state index contributed by atoms with van der Waals surface area (Å²) >= 11 is 0. The number of aromatic nitrogens is 2. The number of hydrogen-bond acceptors (Lipinski definition) is 5. The van der Waals surface area contributed by atoms with Gasteiger partial charge >= 0.3 is 0 Å². The summed E-state index contributed by atoms with van der Waals surface area (Å²) in [5, 5.41) is 10.3. The highest BCUT2D eigenvalue weighted by molar-refractivity contribution is 6.00. The van der Waals surface area contributed by atoms with Gasteiger partial charge in [-0.1, -0.05) is 13.8 Å². The van der Waals surface area contributed by atoms with E-state index in [1.807, 2.05) is 13.8 Å². The predicted molar refractivity (Wildman–Crippen MR) is 79.1 cm³/mol. The maximum atomic E-state index is 12.8. The molecule has 2 aromatic rings. The average Bonchev–Trinajstić information content (AvgIpc) is 2.95. The normalized spacial score (nSPS) is 18.8. The summed E-state index contributed by atoms with van der Waals surface area (Å²) in [5.74, 6) is 0.0780. The Labute approximate surface area is 127 Å². The van der Waals surface area contributed by atoms with E-state index in [1.54, 1.807) is 23.1 Å². The number of piperazine rings is 1. The van der Waals surface area contributed by atoms with Crippen LogP contribution in [-0.4, -0.2) is 46.2 Å². The molecule has 1 atom stereocenters. The standard InChI is InChI=1S/C15H18N4O3/c1-9(2)7-13-14(20)16-5-6-19(13)15(21)10-3-4-11-12(8-10)18-22-17-11/h3-4,8-9,13H,5-7H2,1-2H3,(H,16,20)/t13-/m0/s1. The lowest BCUT2D eigenvalue weighted by Crippen LogP contribution is -2.57. The van der Waals surface area contributed by atoms with Crippen molar-refractivity contribution in [1.82, 2.24) is 20.5 Å². The Bertz CT molecular complexity index is 710. The van der Waals surface area contributed by atoms with Crippen molar-refractivity contribution >= 4 is 22.8 Å². The monoisotopic (exact) mass is 302 g/mol. The molecule has 7 nitrogen and oxygen atoms in total. The Hall–Kier alpha value is -2.44. The van der Waals surface area contributed by atoms with Crippen LogP contribution in [0.3, 0.4) is 0 Å². The Morgan fingerprint density at radius 1 is 1.41 bits per heavy atom. The summed E-state index contributed by atoms with van der Waals surface area (Å²) < 4.78 is 4.65. The largest absolute Gasteiger partial charge is 0.353 e. The van der Waals surface area contributed by atoms with Gasteiger partial charge in [0.1, 0.15) is 17.1 Å². The summed E-state index contributed by atoms with van der Waals surface area (Å²) in [6.45, 7) is 5.07. The van der Waals surface area contributed by atoms with Gasteiger partial charge in [0.15, 0.2) is 0 Å². The van der Waals surface area contributed by atoms with Crippen LogP contribution in [0.5, 0.6) is 0 Å². The summed E-state index contributed by atoms with van der Waals surface area (Å²) in [6, 6.07) is 4.61. The molecule has 22 heavy (non-hydrogen) atoms. The Balaban J connectivity index is 1.89. The van der Waals surface area contributed by atoms with Gasteiger partial charge in [-0.15, -0.1) is 0 Å². The van der Waals surface area contributed by atoms with Crippen molar-refractivity contribution in [3.8, 4) is 0 Å². The number of fused-ring (bicyclic) bond motifs is 1. The Kier molecular flexibility index (Phi) is 3.79. The summed E-state index contributed by atoms with van der Waals surface area (Å²) in [7, 11) is 0. The van der Waals surface area contributed by atoms with Crippen molar-refractivity contribution in [3.05, 3.63) is 23.8 Å². The first-order chi connectivity index (χ1) is 10.6. The highest BCUT2D eigenvalue weighted by Crippen LogP contribution is 2.19. The summed E-state index contributed by atoms with van der Waals surface area (Å²) in [4.78, 5) is 26.5. The zero-order chi connectivity index (χ0) is 15.7. The lowest BCUT2D eigenvalue weighted by molar-refractivity contribution is -0.128. The second kappa shape index (κ2) is 5.75. The summed E-state index contributed by atoms with van der Waals surface area (Å²) in [6.07, 6.45) is 0.644. The molecule has 0 spiro atoms. The first kappa shape index (κ1) is 14.5. The molecule has 2 heterocycles. The summed E-state index contributed by atoms with van der Waals surface area (Å²) in [5.41, 5.74) is 1.63. The average molecular weight is 302 g/mol. The zero-order valence-corrected chi connectivity index (χ0v) is 12.6. The molecule has 1 N–H and O–H groups in total. The molecule has 1 aliphatic heterocycles. The third-order valence-electron chi connectivity index (χ3n) is 3.79. The minimum Gasteiger partial charge on any atom is -0.353 e. The van der Waals surface area contributed by atoms with E-state index in [1.165, 1.54) is 0 Å². The van der Waals surface area contributed by atoms with E-state index in [9.17, 15) is 9.59 Å². The van der Waals surface area contributed by atoms with Crippen molar-refractivity contribution in [3.63, 3.8) is 0 Å². The van der Waals surface area contributed by atoms with Crippen LogP contribution in [0.15, 0.2) is 22.8 Å². The van der Waals surface area contributed by atoms with Gasteiger partial charge in [0.05, 0.1) is 0 Å². The van der Waals surface area contributed by atoms with Crippen LogP contribution in [-0.2, 0) is 4.79 Å². The molecule has 1 saturated heterocycles. The third-order valence-corrected chi connectivity index (χ3v) is 3.79. The fourth-order valence-electron chi connectivity index (χ4n) is 2.72. The highest BCUT2D eigenvalue weighted by atomic mass is 16.6. The fourth-order valence-corrected chi connectivity index (χ4v) is 2.72. The Morgan fingerprint density at radius 2 is 2.18 bits per heavy atom. The number of benzene rings is 1. The van der Waals surface area contributed by atoms with E-state index in [-0.39, 0.29) is 11.8 Å². The molecule has 0 radical (unpaired) electrons. The molecule has 0 aliphatic carbocycles. The molecular weight excluding hydrogens is 284 g/mol. The van der Waals surface area contributed by atoms with E-state index in [0.717, 1.165) is 0 Å². The topological polar surface area (TPSA) is 88.3 Å². The minimum atomic E-state index is -0.424. The second-order valence-corrected chi connectivity index (χ2v) is 5.90. The molecule has 1 aromatic heterocycles. The van der Waals surface area contributed by atoms with Crippen LogP contribution in [0, 0.1) is 5.92 Å².